The van der Waals surface area contributed by atoms with Crippen LogP contribution < -0.4 is 27.4 Å². The van der Waals surface area contributed by atoms with Crippen LogP contribution in [0.5, 0.6) is 5.75 Å². The fraction of sp³-hybridized carbons (Fsp3) is 0.583. The van der Waals surface area contributed by atoms with Crippen LogP contribution >= 0.6 is 11.8 Å². The zero-order chi connectivity index (χ0) is 28.0. The molecule has 37 heavy (non-hydrogen) atoms. The number of phenolic OH excluding ortho intramolecular Hbond substituents is 1. The molecule has 3 amide bonds. The molecule has 1 aromatic carbocycles. The number of carbonyl (C=O) groups excluding carboxylic acids is 3. The van der Waals surface area contributed by atoms with Crippen molar-refractivity contribution < 1.29 is 34.5 Å². The van der Waals surface area contributed by atoms with E-state index in [1.807, 2.05) is 6.26 Å². The SMILES string of the molecule is CSCCC(N)C(=O)NC(C(=O)NC(Cc1ccc(O)cc1)C(=O)NC(CCCCN)C(=O)O)C(C)O. The number of nitrogens with two attached hydrogens (primary N) is 2. The molecule has 0 heterocycles. The van der Waals surface area contributed by atoms with E-state index < -0.39 is 54.0 Å². The number of aliphatic carboxylic acids is 1. The van der Waals surface area contributed by atoms with Gasteiger partial charge in [0.2, 0.25) is 17.7 Å². The van der Waals surface area contributed by atoms with Crippen LogP contribution in [0.4, 0.5) is 0 Å². The highest BCUT2D eigenvalue weighted by Gasteiger charge is 2.32. The van der Waals surface area contributed by atoms with Crippen molar-refractivity contribution in [1.29, 1.82) is 0 Å². The third-order valence-electron chi connectivity index (χ3n) is 5.60. The van der Waals surface area contributed by atoms with Crippen LogP contribution in [-0.2, 0) is 25.6 Å². The molecule has 208 valence electrons. The molecule has 0 aliphatic heterocycles. The quantitative estimate of drug-likeness (QED) is 0.113. The number of benzene rings is 1. The standard InChI is InChI=1S/C24H39N5O7S/c1-14(30)20(29-21(32)17(26)10-12-37-2)23(34)28-19(13-15-6-8-16(31)9-7-15)22(33)27-18(24(35)36)5-3-4-11-25/h6-9,14,17-20,30-31H,3-5,10-13,25-26H2,1-2H3,(H,27,33)(H,28,34)(H,29,32)(H,35,36). The minimum absolute atomic E-state index is 0.00863. The summed E-state index contributed by atoms with van der Waals surface area (Å²) < 4.78 is 0. The summed E-state index contributed by atoms with van der Waals surface area (Å²) in [4.78, 5) is 50.3. The zero-order valence-corrected chi connectivity index (χ0v) is 22.0. The van der Waals surface area contributed by atoms with Crippen molar-refractivity contribution in [3.05, 3.63) is 29.8 Å². The third kappa shape index (κ3) is 11.8. The number of phenols is 1. The van der Waals surface area contributed by atoms with Gasteiger partial charge in [-0.1, -0.05) is 12.1 Å². The summed E-state index contributed by atoms with van der Waals surface area (Å²) in [5.41, 5.74) is 11.9. The maximum Gasteiger partial charge on any atom is 0.326 e. The molecule has 12 nitrogen and oxygen atoms in total. The summed E-state index contributed by atoms with van der Waals surface area (Å²) >= 11 is 1.51. The highest BCUT2D eigenvalue weighted by molar-refractivity contribution is 7.98. The van der Waals surface area contributed by atoms with Crippen LogP contribution in [-0.4, -0.2) is 87.8 Å². The summed E-state index contributed by atoms with van der Waals surface area (Å²) in [7, 11) is 0. The zero-order valence-electron chi connectivity index (χ0n) is 21.2. The first-order valence-electron chi connectivity index (χ1n) is 12.0. The van der Waals surface area contributed by atoms with Gasteiger partial charge in [-0.2, -0.15) is 11.8 Å². The lowest BCUT2D eigenvalue weighted by Crippen LogP contribution is -2.60. The van der Waals surface area contributed by atoms with Gasteiger partial charge in [0.15, 0.2) is 0 Å². The second-order valence-electron chi connectivity index (χ2n) is 8.73. The second kappa shape index (κ2) is 16.8. The number of nitrogens with one attached hydrogen (secondary N) is 3. The average molecular weight is 542 g/mol. The number of unbranched alkanes of at least 4 members (excludes halogenated alkanes) is 1. The summed E-state index contributed by atoms with van der Waals surface area (Å²) in [6.07, 6.45) is 2.10. The Morgan fingerprint density at radius 3 is 2.11 bits per heavy atom. The van der Waals surface area contributed by atoms with Crippen LogP contribution in [0.1, 0.15) is 38.2 Å². The molecule has 0 spiro atoms. The monoisotopic (exact) mass is 541 g/mol. The van der Waals surface area contributed by atoms with Gasteiger partial charge < -0.3 is 42.7 Å². The van der Waals surface area contributed by atoms with E-state index in [0.717, 1.165) is 0 Å². The Labute approximate surface area is 220 Å². The number of carboxylic acids is 1. The lowest BCUT2D eigenvalue weighted by molar-refractivity contribution is -0.142. The summed E-state index contributed by atoms with van der Waals surface area (Å²) in [6, 6.07) is 1.20. The van der Waals surface area contributed by atoms with E-state index >= 15 is 0 Å². The van der Waals surface area contributed by atoms with Crippen molar-refractivity contribution in [1.82, 2.24) is 16.0 Å². The lowest BCUT2D eigenvalue weighted by Gasteiger charge is -2.26. The number of thioether (sulfide) groups is 1. The van der Waals surface area contributed by atoms with E-state index in [4.69, 9.17) is 11.5 Å². The van der Waals surface area contributed by atoms with E-state index in [2.05, 4.69) is 16.0 Å². The molecule has 1 rings (SSSR count). The number of hydrogen-bond donors (Lipinski definition) is 8. The Morgan fingerprint density at radius 2 is 1.57 bits per heavy atom. The number of amides is 3. The first-order chi connectivity index (χ1) is 17.5. The number of rotatable bonds is 17. The minimum Gasteiger partial charge on any atom is -0.508 e. The predicted molar refractivity (Wildman–Crippen MR) is 141 cm³/mol. The maximum absolute atomic E-state index is 13.1. The van der Waals surface area contributed by atoms with Crippen molar-refractivity contribution in [3.8, 4) is 5.75 Å². The summed E-state index contributed by atoms with van der Waals surface area (Å²) in [6.45, 7) is 1.69. The molecule has 0 aliphatic carbocycles. The average Bonchev–Trinajstić information content (AvgIpc) is 2.85. The van der Waals surface area contributed by atoms with E-state index in [9.17, 15) is 34.5 Å². The molecule has 0 aromatic heterocycles. The van der Waals surface area contributed by atoms with Gasteiger partial charge in [-0.05, 0) is 68.9 Å². The lowest BCUT2D eigenvalue weighted by atomic mass is 10.0. The minimum atomic E-state index is -1.40. The molecule has 0 saturated carbocycles. The number of aliphatic hydroxyl groups is 1. The largest absolute Gasteiger partial charge is 0.508 e. The molecule has 0 saturated heterocycles. The summed E-state index contributed by atoms with van der Waals surface area (Å²) in [5.74, 6) is -2.81. The molecule has 1 aromatic rings. The topological polar surface area (TPSA) is 217 Å². The van der Waals surface area contributed by atoms with Crippen LogP contribution in [0.25, 0.3) is 0 Å². The Hall–Kier alpha value is -2.87. The Bertz CT molecular complexity index is 885. The van der Waals surface area contributed by atoms with Crippen molar-refractivity contribution >= 4 is 35.5 Å². The first kappa shape index (κ1) is 32.2. The number of carboxylic acid groups (broad SMARTS) is 1. The fourth-order valence-corrected chi connectivity index (χ4v) is 3.89. The van der Waals surface area contributed by atoms with Crippen LogP contribution in [0.2, 0.25) is 0 Å². The van der Waals surface area contributed by atoms with Gasteiger partial charge in [0.25, 0.3) is 0 Å². The van der Waals surface area contributed by atoms with Gasteiger partial charge in [-0.25, -0.2) is 4.79 Å². The smallest absolute Gasteiger partial charge is 0.326 e. The second-order valence-corrected chi connectivity index (χ2v) is 9.72. The van der Waals surface area contributed by atoms with E-state index in [1.165, 1.54) is 30.8 Å². The van der Waals surface area contributed by atoms with E-state index in [-0.39, 0.29) is 18.6 Å². The van der Waals surface area contributed by atoms with Gasteiger partial charge in [0, 0.05) is 6.42 Å². The van der Waals surface area contributed by atoms with Gasteiger partial charge in [0.1, 0.15) is 23.9 Å². The number of carbonyl (C=O) groups is 4. The Balaban J connectivity index is 3.08. The van der Waals surface area contributed by atoms with Gasteiger partial charge >= 0.3 is 5.97 Å². The van der Waals surface area contributed by atoms with E-state index in [1.54, 1.807) is 12.1 Å². The molecule has 5 atom stereocenters. The highest BCUT2D eigenvalue weighted by Crippen LogP contribution is 2.12. The third-order valence-corrected chi connectivity index (χ3v) is 6.25. The molecular formula is C24H39N5O7S. The normalized spacial score (nSPS) is 15.1. The molecule has 0 bridgehead atoms. The maximum atomic E-state index is 13.1. The molecule has 10 N–H and O–H groups in total. The highest BCUT2D eigenvalue weighted by atomic mass is 32.2. The molecule has 0 fully saturated rings. The summed E-state index contributed by atoms with van der Waals surface area (Å²) in [5, 5.41) is 36.6. The van der Waals surface area contributed by atoms with Crippen LogP contribution in [0.15, 0.2) is 24.3 Å². The molecule has 5 unspecified atom stereocenters. The molecule has 13 heteroatoms. The van der Waals surface area contributed by atoms with Gasteiger partial charge in [-0.15, -0.1) is 0 Å². The van der Waals surface area contributed by atoms with Gasteiger partial charge in [-0.3, -0.25) is 14.4 Å². The van der Waals surface area contributed by atoms with E-state index in [0.29, 0.717) is 37.1 Å². The Morgan fingerprint density at radius 1 is 0.946 bits per heavy atom. The van der Waals surface area contributed by atoms with Crippen LogP contribution in [0.3, 0.4) is 0 Å². The first-order valence-corrected chi connectivity index (χ1v) is 13.4. The van der Waals surface area contributed by atoms with Gasteiger partial charge in [0.05, 0.1) is 12.1 Å². The molecule has 0 radical (unpaired) electrons. The molecule has 0 aliphatic rings. The van der Waals surface area contributed by atoms with Crippen LogP contribution in [0, 0.1) is 0 Å². The van der Waals surface area contributed by atoms with Crippen molar-refractivity contribution in [2.75, 3.05) is 18.6 Å². The predicted octanol–water partition coefficient (Wildman–Crippen LogP) is -0.936. The van der Waals surface area contributed by atoms with Crippen molar-refractivity contribution in [3.63, 3.8) is 0 Å². The number of aliphatic hydroxyl groups excluding tert-OH is 1. The van der Waals surface area contributed by atoms with Crippen molar-refractivity contribution in [2.24, 2.45) is 11.5 Å². The number of aromatic hydroxyl groups is 1. The van der Waals surface area contributed by atoms with Crippen molar-refractivity contribution in [2.45, 2.75) is 69.3 Å². The Kier molecular flexibility index (Phi) is 14.6. The number of hydrogen-bond acceptors (Lipinski definition) is 9. The fourth-order valence-electron chi connectivity index (χ4n) is 3.40. The molecular weight excluding hydrogens is 502 g/mol.